The van der Waals surface area contributed by atoms with Crippen molar-refractivity contribution in [3.63, 3.8) is 0 Å². The van der Waals surface area contributed by atoms with E-state index in [1.165, 1.54) is 25.0 Å². The van der Waals surface area contributed by atoms with Gasteiger partial charge in [-0.25, -0.2) is 0 Å². The lowest BCUT2D eigenvalue weighted by molar-refractivity contribution is 0.0131. The molecule has 0 amide bonds. The van der Waals surface area contributed by atoms with Gasteiger partial charge in [0, 0.05) is 18.3 Å². The molecule has 1 saturated heterocycles. The Morgan fingerprint density at radius 1 is 1.25 bits per heavy atom. The molecule has 116 valence electrons. The Hall–Kier alpha value is -0.420. The first-order valence-corrected chi connectivity index (χ1v) is 9.13. The maximum absolute atomic E-state index is 10.5. The molecular formula is C15H29N3OS. The first-order chi connectivity index (χ1) is 9.72. The normalized spacial score (nSPS) is 26.5. The maximum Gasteiger partial charge on any atom is 0.191 e. The Morgan fingerprint density at radius 3 is 2.70 bits per heavy atom. The van der Waals surface area contributed by atoms with Crippen LogP contribution < -0.4 is 10.6 Å². The van der Waals surface area contributed by atoms with Gasteiger partial charge >= 0.3 is 0 Å². The SMILES string of the molecule is CCNC(=NCC1(O)CCCCC1)NCC1CCCS1. The first-order valence-electron chi connectivity index (χ1n) is 8.08. The summed E-state index contributed by atoms with van der Waals surface area (Å²) in [6, 6.07) is 0. The van der Waals surface area contributed by atoms with Crippen molar-refractivity contribution < 1.29 is 5.11 Å². The lowest BCUT2D eigenvalue weighted by Gasteiger charge is -2.30. The van der Waals surface area contributed by atoms with Gasteiger partial charge in [0.15, 0.2) is 5.96 Å². The van der Waals surface area contributed by atoms with Crippen LogP contribution in [0.3, 0.4) is 0 Å². The van der Waals surface area contributed by atoms with Crippen LogP contribution in [0.4, 0.5) is 0 Å². The molecule has 4 nitrogen and oxygen atoms in total. The van der Waals surface area contributed by atoms with Crippen LogP contribution in [0, 0.1) is 0 Å². The van der Waals surface area contributed by atoms with Crippen molar-refractivity contribution in [3.05, 3.63) is 0 Å². The highest BCUT2D eigenvalue weighted by atomic mass is 32.2. The molecule has 0 aromatic rings. The average Bonchev–Trinajstić information content (AvgIpc) is 2.96. The zero-order valence-electron chi connectivity index (χ0n) is 12.7. The molecule has 5 heteroatoms. The number of aliphatic hydroxyl groups is 1. The molecule has 1 aliphatic carbocycles. The fourth-order valence-electron chi connectivity index (χ4n) is 2.95. The highest BCUT2D eigenvalue weighted by Crippen LogP contribution is 2.28. The minimum absolute atomic E-state index is 0.528. The molecule has 3 N–H and O–H groups in total. The molecule has 0 radical (unpaired) electrons. The summed E-state index contributed by atoms with van der Waals surface area (Å²) in [6.07, 6.45) is 7.96. The first kappa shape index (κ1) is 16.0. The molecule has 0 aromatic heterocycles. The van der Waals surface area contributed by atoms with E-state index in [0.29, 0.717) is 6.54 Å². The Labute approximate surface area is 127 Å². The lowest BCUT2D eigenvalue weighted by Crippen LogP contribution is -2.42. The number of thioether (sulfide) groups is 1. The van der Waals surface area contributed by atoms with Crippen molar-refractivity contribution in [2.75, 3.05) is 25.4 Å². The second kappa shape index (κ2) is 8.13. The maximum atomic E-state index is 10.5. The van der Waals surface area contributed by atoms with Crippen molar-refractivity contribution in [2.24, 2.45) is 4.99 Å². The van der Waals surface area contributed by atoms with Crippen LogP contribution in [0.5, 0.6) is 0 Å². The monoisotopic (exact) mass is 299 g/mol. The molecule has 1 unspecified atom stereocenters. The van der Waals surface area contributed by atoms with Gasteiger partial charge in [-0.15, -0.1) is 0 Å². The molecule has 1 saturated carbocycles. The quantitative estimate of drug-likeness (QED) is 0.538. The fourth-order valence-corrected chi connectivity index (χ4v) is 4.15. The summed E-state index contributed by atoms with van der Waals surface area (Å²) in [5, 5.41) is 17.9. The summed E-state index contributed by atoms with van der Waals surface area (Å²) in [4.78, 5) is 4.61. The second-order valence-electron chi connectivity index (χ2n) is 6.00. The van der Waals surface area contributed by atoms with Crippen LogP contribution in [0.2, 0.25) is 0 Å². The highest BCUT2D eigenvalue weighted by Gasteiger charge is 2.28. The third-order valence-electron chi connectivity index (χ3n) is 4.18. The molecule has 1 heterocycles. The molecule has 20 heavy (non-hydrogen) atoms. The summed E-state index contributed by atoms with van der Waals surface area (Å²) in [5.74, 6) is 2.15. The van der Waals surface area contributed by atoms with Crippen LogP contribution >= 0.6 is 11.8 Å². The summed E-state index contributed by atoms with van der Waals surface area (Å²) >= 11 is 2.05. The van der Waals surface area contributed by atoms with Gasteiger partial charge in [0.25, 0.3) is 0 Å². The van der Waals surface area contributed by atoms with Gasteiger partial charge in [0.1, 0.15) is 0 Å². The van der Waals surface area contributed by atoms with Crippen LogP contribution in [0.15, 0.2) is 4.99 Å². The summed E-state index contributed by atoms with van der Waals surface area (Å²) < 4.78 is 0. The third kappa shape index (κ3) is 5.17. The van der Waals surface area contributed by atoms with Gasteiger partial charge in [0.05, 0.1) is 12.1 Å². The minimum atomic E-state index is -0.567. The molecule has 0 aromatic carbocycles. The van der Waals surface area contributed by atoms with E-state index in [4.69, 9.17) is 0 Å². The van der Waals surface area contributed by atoms with Crippen molar-refractivity contribution in [3.8, 4) is 0 Å². The molecule has 1 aliphatic heterocycles. The number of rotatable bonds is 5. The number of hydrogen-bond acceptors (Lipinski definition) is 3. The van der Waals surface area contributed by atoms with E-state index >= 15 is 0 Å². The zero-order chi connectivity index (χ0) is 14.3. The summed E-state index contributed by atoms with van der Waals surface area (Å²) in [6.45, 7) is 4.45. The van der Waals surface area contributed by atoms with Gasteiger partial charge in [-0.05, 0) is 38.4 Å². The molecular weight excluding hydrogens is 270 g/mol. The molecule has 0 bridgehead atoms. The van der Waals surface area contributed by atoms with Gasteiger partial charge in [-0.3, -0.25) is 4.99 Å². The minimum Gasteiger partial charge on any atom is -0.388 e. The Morgan fingerprint density at radius 2 is 2.05 bits per heavy atom. The Bertz CT molecular complexity index is 310. The van der Waals surface area contributed by atoms with E-state index in [-0.39, 0.29) is 0 Å². The Kier molecular flexibility index (Phi) is 6.49. The number of guanidine groups is 1. The lowest BCUT2D eigenvalue weighted by atomic mass is 9.85. The van der Waals surface area contributed by atoms with E-state index in [1.54, 1.807) is 0 Å². The van der Waals surface area contributed by atoms with Gasteiger partial charge in [0.2, 0.25) is 0 Å². The van der Waals surface area contributed by atoms with Crippen molar-refractivity contribution >= 4 is 17.7 Å². The highest BCUT2D eigenvalue weighted by molar-refractivity contribution is 8.00. The van der Waals surface area contributed by atoms with Gasteiger partial charge < -0.3 is 15.7 Å². The van der Waals surface area contributed by atoms with Crippen LogP contribution in [-0.2, 0) is 0 Å². The predicted molar refractivity (Wildman–Crippen MR) is 87.5 cm³/mol. The van der Waals surface area contributed by atoms with E-state index in [1.807, 2.05) is 0 Å². The van der Waals surface area contributed by atoms with Crippen LogP contribution in [-0.4, -0.2) is 47.3 Å². The van der Waals surface area contributed by atoms with Crippen LogP contribution in [0.1, 0.15) is 51.9 Å². The number of nitrogens with one attached hydrogen (secondary N) is 2. The van der Waals surface area contributed by atoms with E-state index in [0.717, 1.165) is 50.0 Å². The van der Waals surface area contributed by atoms with Gasteiger partial charge in [-0.2, -0.15) is 11.8 Å². The van der Waals surface area contributed by atoms with Crippen molar-refractivity contribution in [1.29, 1.82) is 0 Å². The van der Waals surface area contributed by atoms with Gasteiger partial charge in [-0.1, -0.05) is 19.3 Å². The number of hydrogen-bond donors (Lipinski definition) is 3. The summed E-state index contributed by atoms with van der Waals surface area (Å²) in [7, 11) is 0. The topological polar surface area (TPSA) is 56.7 Å². The number of nitrogens with zero attached hydrogens (tertiary/aromatic N) is 1. The zero-order valence-corrected chi connectivity index (χ0v) is 13.5. The second-order valence-corrected chi connectivity index (χ2v) is 7.40. The van der Waals surface area contributed by atoms with E-state index < -0.39 is 5.60 Å². The standard InChI is InChI=1S/C15H29N3OS/c1-2-16-14(17-11-13-7-6-10-20-13)18-12-15(19)8-4-3-5-9-15/h13,19H,2-12H2,1H3,(H2,16,17,18). The van der Waals surface area contributed by atoms with E-state index in [2.05, 4.69) is 34.3 Å². The molecule has 1 atom stereocenters. The smallest absolute Gasteiger partial charge is 0.191 e. The fraction of sp³-hybridized carbons (Fsp3) is 0.933. The molecule has 2 aliphatic rings. The largest absolute Gasteiger partial charge is 0.388 e. The number of aliphatic imine (C=N–C) groups is 1. The molecule has 2 fully saturated rings. The Balaban J connectivity index is 1.80. The van der Waals surface area contributed by atoms with Crippen molar-refractivity contribution in [2.45, 2.75) is 62.7 Å². The predicted octanol–water partition coefficient (Wildman–Crippen LogP) is 2.13. The molecule has 2 rings (SSSR count). The molecule has 0 spiro atoms. The summed E-state index contributed by atoms with van der Waals surface area (Å²) in [5.41, 5.74) is -0.567. The van der Waals surface area contributed by atoms with Crippen molar-refractivity contribution in [1.82, 2.24) is 10.6 Å². The van der Waals surface area contributed by atoms with E-state index in [9.17, 15) is 5.11 Å². The third-order valence-corrected chi connectivity index (χ3v) is 5.58. The van der Waals surface area contributed by atoms with Crippen LogP contribution in [0.25, 0.3) is 0 Å². The average molecular weight is 299 g/mol.